The number of carbonyl (C=O) groups excluding carboxylic acids is 1. The number of aryl methyl sites for hydroxylation is 1. The predicted octanol–water partition coefficient (Wildman–Crippen LogP) is 6.50. The molecule has 3 N–H and O–H groups in total. The molecule has 1 amide bonds. The summed E-state index contributed by atoms with van der Waals surface area (Å²) in [5.41, 5.74) is 3.82. The van der Waals surface area contributed by atoms with Crippen LogP contribution in [0.15, 0.2) is 71.1 Å². The number of fused-ring (bicyclic) bond motifs is 1. The van der Waals surface area contributed by atoms with E-state index in [9.17, 15) is 23.5 Å². The van der Waals surface area contributed by atoms with E-state index in [0.717, 1.165) is 20.8 Å². The smallest absolute Gasteiger partial charge is 0.327 e. The van der Waals surface area contributed by atoms with E-state index in [1.807, 2.05) is 45.0 Å². The maximum Gasteiger partial charge on any atom is 0.327 e. The highest BCUT2D eigenvalue weighted by atomic mass is 32.2. The molecule has 210 valence electrons. The quantitative estimate of drug-likeness (QED) is 0.188. The van der Waals surface area contributed by atoms with Crippen molar-refractivity contribution in [2.24, 2.45) is 5.92 Å². The van der Waals surface area contributed by atoms with E-state index in [4.69, 9.17) is 9.15 Å². The third-order valence-electron chi connectivity index (χ3n) is 6.39. The predicted molar refractivity (Wildman–Crippen MR) is 156 cm³/mol. The highest BCUT2D eigenvalue weighted by Gasteiger charge is 2.32. The number of anilines is 2. The molecule has 2 unspecified atom stereocenters. The first-order chi connectivity index (χ1) is 19.0. The maximum absolute atomic E-state index is 13.1. The fraction of sp³-hybridized carbons (Fsp3) is 0.267. The van der Waals surface area contributed by atoms with Crippen molar-refractivity contribution in [2.45, 2.75) is 46.8 Å². The molecule has 40 heavy (non-hydrogen) atoms. The monoisotopic (exact) mass is 564 g/mol. The number of hydrogen-bond acceptors (Lipinski definition) is 5. The third-order valence-corrected chi connectivity index (χ3v) is 7.16. The van der Waals surface area contributed by atoms with Crippen LogP contribution < -0.4 is 14.4 Å². The summed E-state index contributed by atoms with van der Waals surface area (Å²) in [6, 6.07) is 18.2. The van der Waals surface area contributed by atoms with Gasteiger partial charge in [-0.3, -0.25) is 13.7 Å². The average molecular weight is 565 g/mol. The van der Waals surface area contributed by atoms with Crippen LogP contribution in [0.25, 0.3) is 22.1 Å². The molecule has 2 atom stereocenters. The Bertz CT molecular complexity index is 1540. The van der Waals surface area contributed by atoms with E-state index in [2.05, 4.69) is 5.32 Å². The van der Waals surface area contributed by atoms with Crippen LogP contribution in [0.5, 0.6) is 5.75 Å². The second-order valence-electron chi connectivity index (χ2n) is 10.0. The zero-order valence-corrected chi connectivity index (χ0v) is 23.7. The van der Waals surface area contributed by atoms with E-state index in [1.54, 1.807) is 56.3 Å². The topological polar surface area (TPSA) is 129 Å². The Morgan fingerprint density at radius 2 is 1.55 bits per heavy atom. The number of carboxylic acid groups (broad SMARTS) is 1. The SMILES string of the molecule is Cc1c(C(=O)Nc2ccc(-c3ccc(N(C(C(=O)O)C(C)C)S(=O)O)cc3)cc2)oc2cccc(OC(C)C)c12. The lowest BCUT2D eigenvalue weighted by Gasteiger charge is -2.29. The minimum absolute atomic E-state index is 0.0221. The van der Waals surface area contributed by atoms with Gasteiger partial charge < -0.3 is 19.6 Å². The first kappa shape index (κ1) is 28.8. The number of nitrogens with zero attached hydrogens (tertiary/aromatic N) is 1. The molecule has 0 aliphatic heterocycles. The number of carboxylic acids is 1. The standard InChI is InChI=1S/C30H32N2O7S/c1-17(2)27(30(34)35)32(40(36)37)23-15-11-21(12-16-23)20-9-13-22(14-10-20)31-29(33)28-19(5)26-24(38-18(3)4)7-6-8-25(26)39-28/h6-18,27H,1-5H3,(H,31,33)(H,34,35)(H,36,37). The van der Waals surface area contributed by atoms with E-state index in [1.165, 1.54) is 0 Å². The van der Waals surface area contributed by atoms with Crippen LogP contribution in [-0.4, -0.2) is 37.9 Å². The Balaban J connectivity index is 1.52. The van der Waals surface area contributed by atoms with Crippen LogP contribution in [0.3, 0.4) is 0 Å². The van der Waals surface area contributed by atoms with Crippen molar-refractivity contribution in [3.63, 3.8) is 0 Å². The Morgan fingerprint density at radius 1 is 0.950 bits per heavy atom. The molecule has 0 aliphatic rings. The molecule has 4 rings (SSSR count). The Kier molecular flexibility index (Phi) is 8.61. The van der Waals surface area contributed by atoms with Crippen LogP contribution in [0.2, 0.25) is 0 Å². The summed E-state index contributed by atoms with van der Waals surface area (Å²) in [6.07, 6.45) is -0.0221. The fourth-order valence-electron chi connectivity index (χ4n) is 4.57. The highest BCUT2D eigenvalue weighted by molar-refractivity contribution is 7.80. The number of ether oxygens (including phenoxy) is 1. The van der Waals surface area contributed by atoms with Crippen molar-refractivity contribution in [2.75, 3.05) is 9.62 Å². The van der Waals surface area contributed by atoms with Gasteiger partial charge in [0, 0.05) is 11.3 Å². The van der Waals surface area contributed by atoms with Gasteiger partial charge in [0.2, 0.25) is 0 Å². The molecular weight excluding hydrogens is 532 g/mol. The molecule has 1 heterocycles. The summed E-state index contributed by atoms with van der Waals surface area (Å²) in [6.45, 7) is 9.07. The molecule has 0 spiro atoms. The fourth-order valence-corrected chi connectivity index (χ4v) is 5.40. The van der Waals surface area contributed by atoms with Crippen molar-refractivity contribution in [1.29, 1.82) is 0 Å². The van der Waals surface area contributed by atoms with E-state index < -0.39 is 29.2 Å². The van der Waals surface area contributed by atoms with Gasteiger partial charge in [0.05, 0.1) is 17.2 Å². The Morgan fingerprint density at radius 3 is 2.08 bits per heavy atom. The zero-order valence-electron chi connectivity index (χ0n) is 22.9. The van der Waals surface area contributed by atoms with Gasteiger partial charge in [-0.15, -0.1) is 0 Å². The number of benzene rings is 3. The average Bonchev–Trinajstić information content (AvgIpc) is 3.24. The lowest BCUT2D eigenvalue weighted by Crippen LogP contribution is -2.45. The largest absolute Gasteiger partial charge is 0.490 e. The minimum Gasteiger partial charge on any atom is -0.490 e. The number of hydrogen-bond donors (Lipinski definition) is 3. The van der Waals surface area contributed by atoms with Gasteiger partial charge >= 0.3 is 5.97 Å². The first-order valence-corrected chi connectivity index (χ1v) is 13.9. The van der Waals surface area contributed by atoms with Crippen LogP contribution in [0.4, 0.5) is 11.4 Å². The number of nitrogens with one attached hydrogen (secondary N) is 1. The third kappa shape index (κ3) is 6.03. The van der Waals surface area contributed by atoms with Gasteiger partial charge in [-0.25, -0.2) is 9.00 Å². The molecule has 9 nitrogen and oxygen atoms in total. The summed E-state index contributed by atoms with van der Waals surface area (Å²) in [5, 5.41) is 13.2. The highest BCUT2D eigenvalue weighted by Crippen LogP contribution is 2.34. The molecule has 0 aliphatic carbocycles. The zero-order chi connectivity index (χ0) is 29.1. The molecule has 0 saturated carbocycles. The number of aliphatic carboxylic acids is 1. The van der Waals surface area contributed by atoms with E-state index in [-0.39, 0.29) is 17.8 Å². The summed E-state index contributed by atoms with van der Waals surface area (Å²) in [5.74, 6) is -1.08. The second-order valence-corrected chi connectivity index (χ2v) is 10.9. The molecule has 1 aromatic heterocycles. The van der Waals surface area contributed by atoms with E-state index >= 15 is 0 Å². The summed E-state index contributed by atoms with van der Waals surface area (Å²) in [7, 11) is 0. The molecule has 10 heteroatoms. The van der Waals surface area contributed by atoms with Crippen molar-refractivity contribution >= 4 is 45.5 Å². The van der Waals surface area contributed by atoms with Gasteiger partial charge in [-0.2, -0.15) is 0 Å². The molecule has 0 saturated heterocycles. The van der Waals surface area contributed by atoms with Crippen LogP contribution in [0, 0.1) is 12.8 Å². The van der Waals surface area contributed by atoms with Crippen LogP contribution in [0.1, 0.15) is 43.8 Å². The molecule has 3 aromatic carbocycles. The summed E-state index contributed by atoms with van der Waals surface area (Å²) >= 11 is -2.52. The number of carbonyl (C=O) groups is 2. The van der Waals surface area contributed by atoms with Gasteiger partial charge in [-0.1, -0.05) is 44.2 Å². The molecular formula is C30H32N2O7S. The van der Waals surface area contributed by atoms with Gasteiger partial charge in [0.15, 0.2) is 5.76 Å². The van der Waals surface area contributed by atoms with Gasteiger partial charge in [0.1, 0.15) is 17.4 Å². The summed E-state index contributed by atoms with van der Waals surface area (Å²) in [4.78, 5) is 24.8. The number of rotatable bonds is 10. The lowest BCUT2D eigenvalue weighted by atomic mass is 10.0. The Labute approximate surface area is 235 Å². The van der Waals surface area contributed by atoms with Crippen molar-refractivity contribution in [3.05, 3.63) is 78.1 Å². The number of amides is 1. The Hall–Kier alpha value is -4.15. The van der Waals surface area contributed by atoms with E-state index in [0.29, 0.717) is 28.3 Å². The van der Waals surface area contributed by atoms with Crippen molar-refractivity contribution in [3.8, 4) is 16.9 Å². The molecule has 0 bridgehead atoms. The first-order valence-electron chi connectivity index (χ1n) is 12.8. The second kappa shape index (κ2) is 11.9. The number of furan rings is 1. The summed E-state index contributed by atoms with van der Waals surface area (Å²) < 4.78 is 34.5. The van der Waals surface area contributed by atoms with Gasteiger partial charge in [0.25, 0.3) is 17.2 Å². The van der Waals surface area contributed by atoms with Crippen LogP contribution in [-0.2, 0) is 16.1 Å². The van der Waals surface area contributed by atoms with Crippen LogP contribution >= 0.6 is 0 Å². The molecule has 0 fully saturated rings. The maximum atomic E-state index is 13.1. The molecule has 4 aromatic rings. The lowest BCUT2D eigenvalue weighted by molar-refractivity contribution is -0.139. The normalized spacial score (nSPS) is 12.9. The van der Waals surface area contributed by atoms with Crippen molar-refractivity contribution in [1.82, 2.24) is 0 Å². The minimum atomic E-state index is -2.52. The van der Waals surface area contributed by atoms with Crippen molar-refractivity contribution < 1.29 is 32.6 Å². The molecule has 0 radical (unpaired) electrons. The van der Waals surface area contributed by atoms with Gasteiger partial charge in [-0.05, 0) is 74.2 Å².